The van der Waals surface area contributed by atoms with E-state index in [9.17, 15) is 22.8 Å². The monoisotopic (exact) mass is 304 g/mol. The first-order valence-electron chi connectivity index (χ1n) is 6.04. The third kappa shape index (κ3) is 5.80. The molecule has 1 rings (SSSR count). The van der Waals surface area contributed by atoms with Gasteiger partial charge in [0.15, 0.2) is 0 Å². The molecule has 1 heterocycles. The molecule has 0 atom stereocenters. The van der Waals surface area contributed by atoms with E-state index >= 15 is 0 Å². The third-order valence-electron chi connectivity index (χ3n) is 2.61. The van der Waals surface area contributed by atoms with Gasteiger partial charge in [-0.2, -0.15) is 13.2 Å². The number of alkyl halides is 3. The summed E-state index contributed by atoms with van der Waals surface area (Å²) >= 11 is 0. The number of carbonyl (C=O) groups excluding carboxylic acids is 1. The van der Waals surface area contributed by atoms with Crippen LogP contribution in [0.5, 0.6) is 0 Å². The first-order chi connectivity index (χ1) is 9.49. The molecule has 0 fully saturated rings. The lowest BCUT2D eigenvalue weighted by Gasteiger charge is -2.21. The van der Waals surface area contributed by atoms with Crippen molar-refractivity contribution in [2.45, 2.75) is 32.9 Å². The number of aromatic nitrogens is 1. The SMILES string of the molecule is CC(C)(CC(=O)O)CC(=O)Nc1ccc(C(F)(F)F)nc1. The minimum atomic E-state index is -4.54. The summed E-state index contributed by atoms with van der Waals surface area (Å²) in [5.41, 5.74) is -1.68. The lowest BCUT2D eigenvalue weighted by atomic mass is 9.85. The Hall–Kier alpha value is -2.12. The first kappa shape index (κ1) is 16.9. The molecule has 0 saturated carbocycles. The van der Waals surface area contributed by atoms with Crippen LogP contribution in [0, 0.1) is 5.41 Å². The molecule has 1 amide bonds. The second kappa shape index (κ2) is 6.11. The number of anilines is 1. The molecule has 116 valence electrons. The van der Waals surface area contributed by atoms with Gasteiger partial charge in [-0.25, -0.2) is 4.98 Å². The van der Waals surface area contributed by atoms with E-state index in [1.54, 1.807) is 13.8 Å². The van der Waals surface area contributed by atoms with Gasteiger partial charge in [-0.15, -0.1) is 0 Å². The average Bonchev–Trinajstić information content (AvgIpc) is 2.25. The zero-order valence-electron chi connectivity index (χ0n) is 11.5. The van der Waals surface area contributed by atoms with Crippen LogP contribution in [-0.2, 0) is 15.8 Å². The van der Waals surface area contributed by atoms with E-state index in [0.29, 0.717) is 0 Å². The van der Waals surface area contributed by atoms with Crippen LogP contribution in [0.2, 0.25) is 0 Å². The highest BCUT2D eigenvalue weighted by molar-refractivity contribution is 5.91. The van der Waals surface area contributed by atoms with Crippen molar-refractivity contribution >= 4 is 17.6 Å². The number of carboxylic acid groups (broad SMARTS) is 1. The summed E-state index contributed by atoms with van der Waals surface area (Å²) in [6.07, 6.45) is -3.89. The Morgan fingerprint density at radius 1 is 1.24 bits per heavy atom. The summed E-state index contributed by atoms with van der Waals surface area (Å²) in [5, 5.41) is 11.1. The Morgan fingerprint density at radius 2 is 1.86 bits per heavy atom. The van der Waals surface area contributed by atoms with E-state index in [1.165, 1.54) is 0 Å². The minimum Gasteiger partial charge on any atom is -0.481 e. The Balaban J connectivity index is 2.65. The first-order valence-corrected chi connectivity index (χ1v) is 6.04. The largest absolute Gasteiger partial charge is 0.481 e. The van der Waals surface area contributed by atoms with E-state index in [2.05, 4.69) is 10.3 Å². The summed E-state index contributed by atoms with van der Waals surface area (Å²) in [6.45, 7) is 3.23. The highest BCUT2D eigenvalue weighted by atomic mass is 19.4. The lowest BCUT2D eigenvalue weighted by molar-refractivity contribution is -0.141. The maximum atomic E-state index is 12.3. The Kier molecular flexibility index (Phi) is 4.93. The zero-order valence-corrected chi connectivity index (χ0v) is 11.5. The second-order valence-corrected chi connectivity index (χ2v) is 5.39. The predicted molar refractivity (Wildman–Crippen MR) is 68.5 cm³/mol. The molecular weight excluding hydrogens is 289 g/mol. The van der Waals surface area contributed by atoms with E-state index in [-0.39, 0.29) is 18.5 Å². The van der Waals surface area contributed by atoms with E-state index < -0.39 is 29.2 Å². The molecule has 2 N–H and O–H groups in total. The number of aliphatic carboxylic acids is 1. The van der Waals surface area contributed by atoms with Crippen molar-refractivity contribution in [3.63, 3.8) is 0 Å². The molecule has 5 nitrogen and oxygen atoms in total. The molecule has 0 aliphatic carbocycles. The Morgan fingerprint density at radius 3 is 2.29 bits per heavy atom. The van der Waals surface area contributed by atoms with Gasteiger partial charge in [0.05, 0.1) is 18.3 Å². The molecule has 0 aliphatic rings. The van der Waals surface area contributed by atoms with Gasteiger partial charge in [0.25, 0.3) is 0 Å². The number of amides is 1. The maximum Gasteiger partial charge on any atom is 0.433 e. The van der Waals surface area contributed by atoms with Gasteiger partial charge in [0.1, 0.15) is 5.69 Å². The number of hydrogen-bond acceptors (Lipinski definition) is 3. The van der Waals surface area contributed by atoms with Gasteiger partial charge in [0.2, 0.25) is 5.91 Å². The topological polar surface area (TPSA) is 79.3 Å². The van der Waals surface area contributed by atoms with Crippen LogP contribution in [-0.4, -0.2) is 22.0 Å². The molecule has 0 radical (unpaired) electrons. The summed E-state index contributed by atoms with van der Waals surface area (Å²) in [7, 11) is 0. The van der Waals surface area contributed by atoms with Crippen LogP contribution in [0.4, 0.5) is 18.9 Å². The van der Waals surface area contributed by atoms with Crippen molar-refractivity contribution < 1.29 is 27.9 Å². The average molecular weight is 304 g/mol. The molecular formula is C13H15F3N2O3. The van der Waals surface area contributed by atoms with Gasteiger partial charge in [-0.05, 0) is 17.5 Å². The molecule has 0 saturated heterocycles. The summed E-state index contributed by atoms with van der Waals surface area (Å²) in [5.74, 6) is -1.51. The van der Waals surface area contributed by atoms with Crippen LogP contribution in [0.15, 0.2) is 18.3 Å². The number of carboxylic acids is 1. The predicted octanol–water partition coefficient (Wildman–Crippen LogP) is 2.93. The zero-order chi connectivity index (χ0) is 16.3. The number of hydrogen-bond donors (Lipinski definition) is 2. The van der Waals surface area contributed by atoms with Crippen molar-refractivity contribution in [2.24, 2.45) is 5.41 Å². The number of halogens is 3. The number of carbonyl (C=O) groups is 2. The van der Waals surface area contributed by atoms with E-state index in [1.807, 2.05) is 0 Å². The summed E-state index contributed by atoms with van der Waals surface area (Å²) in [6, 6.07) is 1.86. The molecule has 1 aromatic rings. The molecule has 0 aliphatic heterocycles. The highest BCUT2D eigenvalue weighted by Gasteiger charge is 2.32. The number of nitrogens with zero attached hydrogens (tertiary/aromatic N) is 1. The third-order valence-corrected chi connectivity index (χ3v) is 2.61. The highest BCUT2D eigenvalue weighted by Crippen LogP contribution is 2.28. The second-order valence-electron chi connectivity index (χ2n) is 5.39. The molecule has 0 aromatic carbocycles. The molecule has 21 heavy (non-hydrogen) atoms. The molecule has 8 heteroatoms. The normalized spacial score (nSPS) is 12.0. The van der Waals surface area contributed by atoms with Crippen LogP contribution >= 0.6 is 0 Å². The van der Waals surface area contributed by atoms with Crippen molar-refractivity contribution in [3.05, 3.63) is 24.0 Å². The van der Waals surface area contributed by atoms with Crippen molar-refractivity contribution in [2.75, 3.05) is 5.32 Å². The fraction of sp³-hybridized carbons (Fsp3) is 0.462. The molecule has 0 bridgehead atoms. The maximum absolute atomic E-state index is 12.3. The summed E-state index contributed by atoms with van der Waals surface area (Å²) < 4.78 is 37.0. The standard InChI is InChI=1S/C13H15F3N2O3/c1-12(2,6-11(20)21)5-10(19)18-8-3-4-9(17-7-8)13(14,15)16/h3-4,7H,5-6H2,1-2H3,(H,18,19)(H,20,21). The number of rotatable bonds is 5. The molecule has 0 spiro atoms. The van der Waals surface area contributed by atoms with Crippen LogP contribution in [0.25, 0.3) is 0 Å². The van der Waals surface area contributed by atoms with Gasteiger partial charge >= 0.3 is 12.1 Å². The van der Waals surface area contributed by atoms with E-state index in [0.717, 1.165) is 18.3 Å². The van der Waals surface area contributed by atoms with Crippen LogP contribution in [0.1, 0.15) is 32.4 Å². The molecule has 0 unspecified atom stereocenters. The Labute approximate surface area is 119 Å². The van der Waals surface area contributed by atoms with E-state index in [4.69, 9.17) is 5.11 Å². The van der Waals surface area contributed by atoms with Gasteiger partial charge in [-0.1, -0.05) is 13.8 Å². The van der Waals surface area contributed by atoms with Gasteiger partial charge in [-0.3, -0.25) is 9.59 Å². The van der Waals surface area contributed by atoms with Gasteiger partial charge < -0.3 is 10.4 Å². The van der Waals surface area contributed by atoms with Gasteiger partial charge in [0, 0.05) is 6.42 Å². The fourth-order valence-electron chi connectivity index (χ4n) is 1.75. The summed E-state index contributed by atoms with van der Waals surface area (Å²) in [4.78, 5) is 25.6. The quantitative estimate of drug-likeness (QED) is 0.876. The van der Waals surface area contributed by atoms with Crippen LogP contribution in [0.3, 0.4) is 0 Å². The minimum absolute atomic E-state index is 0.0691. The van der Waals surface area contributed by atoms with Crippen LogP contribution < -0.4 is 5.32 Å². The smallest absolute Gasteiger partial charge is 0.433 e. The lowest BCUT2D eigenvalue weighted by Crippen LogP contribution is -2.24. The fourth-order valence-corrected chi connectivity index (χ4v) is 1.75. The number of pyridine rings is 1. The van der Waals surface area contributed by atoms with Crippen molar-refractivity contribution in [1.29, 1.82) is 0 Å². The Bertz CT molecular complexity index is 524. The molecule has 1 aromatic heterocycles. The van der Waals surface area contributed by atoms with Crippen molar-refractivity contribution in [1.82, 2.24) is 4.98 Å². The van der Waals surface area contributed by atoms with Crippen molar-refractivity contribution in [3.8, 4) is 0 Å². The number of nitrogens with one attached hydrogen (secondary N) is 1.